The van der Waals surface area contributed by atoms with Gasteiger partial charge in [-0.2, -0.15) is 0 Å². The number of aromatic nitrogens is 1. The molecule has 0 bridgehead atoms. The van der Waals surface area contributed by atoms with Gasteiger partial charge in [0.25, 0.3) is 11.8 Å². The minimum atomic E-state index is -0.340. The summed E-state index contributed by atoms with van der Waals surface area (Å²) >= 11 is 0. The van der Waals surface area contributed by atoms with Gasteiger partial charge in [0.05, 0.1) is 0 Å². The van der Waals surface area contributed by atoms with Crippen molar-refractivity contribution in [2.75, 3.05) is 0 Å². The Balaban J connectivity index is 2.85. The van der Waals surface area contributed by atoms with Gasteiger partial charge in [-0.25, -0.2) is 4.98 Å². The van der Waals surface area contributed by atoms with Crippen LogP contribution in [-0.2, 0) is 0 Å². The highest BCUT2D eigenvalue weighted by Gasteiger charge is 2.18. The predicted molar refractivity (Wildman–Crippen MR) is 78.7 cm³/mol. The number of rotatable bonds is 4. The normalized spacial score (nSPS) is 12.7. The first kappa shape index (κ1) is 16.1. The molecule has 1 aromatic heterocycles. The van der Waals surface area contributed by atoms with E-state index in [1.165, 1.54) is 0 Å². The molecule has 2 N–H and O–H groups in total. The number of carbonyl (C=O) groups is 2. The molecule has 1 heterocycles. The number of nitrogens with one attached hydrogen (secondary N) is 2. The van der Waals surface area contributed by atoms with Crippen LogP contribution in [0.3, 0.4) is 0 Å². The molecular formula is C15H23N3O2. The summed E-state index contributed by atoms with van der Waals surface area (Å²) in [6.45, 7) is 9.60. The number of hydrogen-bond donors (Lipinski definition) is 2. The Morgan fingerprint density at radius 2 is 1.75 bits per heavy atom. The lowest BCUT2D eigenvalue weighted by Gasteiger charge is -2.20. The first-order chi connectivity index (χ1) is 9.23. The van der Waals surface area contributed by atoms with E-state index in [0.717, 1.165) is 6.42 Å². The molecule has 0 spiro atoms. The van der Waals surface area contributed by atoms with Crippen molar-refractivity contribution in [2.24, 2.45) is 0 Å². The van der Waals surface area contributed by atoms with Gasteiger partial charge < -0.3 is 10.6 Å². The van der Waals surface area contributed by atoms with Crippen LogP contribution in [0.25, 0.3) is 0 Å². The molecule has 0 saturated carbocycles. The molecule has 1 unspecified atom stereocenters. The Hall–Kier alpha value is -1.91. The average Bonchev–Trinajstić information content (AvgIpc) is 2.36. The summed E-state index contributed by atoms with van der Waals surface area (Å²) in [5.41, 5.74) is 0.164. The van der Waals surface area contributed by atoms with Crippen molar-refractivity contribution in [1.29, 1.82) is 0 Å². The van der Waals surface area contributed by atoms with Crippen LogP contribution in [0.4, 0.5) is 0 Å². The Bertz CT molecular complexity index is 492. The van der Waals surface area contributed by atoms with Crippen LogP contribution in [0.1, 0.15) is 62.0 Å². The molecule has 2 amide bonds. The third kappa shape index (κ3) is 4.99. The average molecular weight is 277 g/mol. The van der Waals surface area contributed by atoms with Crippen molar-refractivity contribution in [2.45, 2.75) is 52.6 Å². The fourth-order valence-electron chi connectivity index (χ4n) is 1.49. The van der Waals surface area contributed by atoms with Crippen LogP contribution in [0.2, 0.25) is 0 Å². The van der Waals surface area contributed by atoms with Crippen LogP contribution in [0, 0.1) is 0 Å². The molecule has 0 radical (unpaired) electrons. The lowest BCUT2D eigenvalue weighted by molar-refractivity contribution is 0.0913. The minimum absolute atomic E-state index is 0.0800. The van der Waals surface area contributed by atoms with Gasteiger partial charge >= 0.3 is 0 Å². The topological polar surface area (TPSA) is 71.1 Å². The van der Waals surface area contributed by atoms with Gasteiger partial charge in [-0.3, -0.25) is 9.59 Å². The SMILES string of the molecule is CCC(C)NC(=O)c1cccc(C(=O)NC(C)(C)C)n1. The van der Waals surface area contributed by atoms with E-state index >= 15 is 0 Å². The van der Waals surface area contributed by atoms with Crippen molar-refractivity contribution in [3.8, 4) is 0 Å². The monoisotopic (exact) mass is 277 g/mol. The highest BCUT2D eigenvalue weighted by atomic mass is 16.2. The molecule has 1 atom stereocenters. The number of pyridine rings is 1. The van der Waals surface area contributed by atoms with Gasteiger partial charge in [0.2, 0.25) is 0 Å². The standard InChI is InChI=1S/C15H23N3O2/c1-6-10(2)16-13(19)11-8-7-9-12(17-11)14(20)18-15(3,4)5/h7-10H,6H2,1-5H3,(H,16,19)(H,18,20). The van der Waals surface area contributed by atoms with Gasteiger partial charge in [0.15, 0.2) is 0 Å². The number of nitrogens with zero attached hydrogens (tertiary/aromatic N) is 1. The van der Waals surface area contributed by atoms with Gasteiger partial charge in [0, 0.05) is 11.6 Å². The molecule has 5 heteroatoms. The van der Waals surface area contributed by atoms with Gasteiger partial charge in [-0.05, 0) is 46.2 Å². The van der Waals surface area contributed by atoms with Crippen molar-refractivity contribution in [3.63, 3.8) is 0 Å². The zero-order valence-corrected chi connectivity index (χ0v) is 12.8. The number of carbonyl (C=O) groups excluding carboxylic acids is 2. The Morgan fingerprint density at radius 3 is 2.25 bits per heavy atom. The van der Waals surface area contributed by atoms with Crippen molar-refractivity contribution < 1.29 is 9.59 Å². The Labute approximate surface area is 120 Å². The minimum Gasteiger partial charge on any atom is -0.348 e. The Kier molecular flexibility index (Phi) is 5.25. The smallest absolute Gasteiger partial charge is 0.270 e. The third-order valence-corrected chi connectivity index (χ3v) is 2.69. The van der Waals surface area contributed by atoms with Crippen molar-refractivity contribution in [3.05, 3.63) is 29.6 Å². The molecule has 0 aromatic carbocycles. The quantitative estimate of drug-likeness (QED) is 0.885. The number of hydrogen-bond acceptors (Lipinski definition) is 3. The van der Waals surface area contributed by atoms with Crippen molar-refractivity contribution in [1.82, 2.24) is 15.6 Å². The summed E-state index contributed by atoms with van der Waals surface area (Å²) < 4.78 is 0. The molecule has 1 aromatic rings. The first-order valence-electron chi connectivity index (χ1n) is 6.83. The van der Waals surface area contributed by atoms with Crippen LogP contribution in [0.15, 0.2) is 18.2 Å². The lowest BCUT2D eigenvalue weighted by atomic mass is 10.1. The maximum Gasteiger partial charge on any atom is 0.270 e. The van der Waals surface area contributed by atoms with E-state index in [4.69, 9.17) is 0 Å². The van der Waals surface area contributed by atoms with Gasteiger partial charge in [0.1, 0.15) is 11.4 Å². The molecular weight excluding hydrogens is 254 g/mol. The summed E-state index contributed by atoms with van der Waals surface area (Å²) in [5.74, 6) is -0.541. The zero-order chi connectivity index (χ0) is 15.3. The van der Waals surface area contributed by atoms with Gasteiger partial charge in [-0.15, -0.1) is 0 Å². The highest BCUT2D eigenvalue weighted by molar-refractivity contribution is 5.96. The lowest BCUT2D eigenvalue weighted by Crippen LogP contribution is -2.41. The van der Waals surface area contributed by atoms with E-state index < -0.39 is 0 Å². The maximum absolute atomic E-state index is 12.0. The second-order valence-electron chi connectivity index (χ2n) is 5.89. The molecule has 1 rings (SSSR count). The molecule has 0 aliphatic rings. The first-order valence-corrected chi connectivity index (χ1v) is 6.83. The van der Waals surface area contributed by atoms with Crippen LogP contribution in [0.5, 0.6) is 0 Å². The summed E-state index contributed by atoms with van der Waals surface area (Å²) in [7, 11) is 0. The zero-order valence-electron chi connectivity index (χ0n) is 12.8. The summed E-state index contributed by atoms with van der Waals surface area (Å²) in [4.78, 5) is 28.1. The van der Waals surface area contributed by atoms with E-state index in [2.05, 4.69) is 15.6 Å². The van der Waals surface area contributed by atoms with E-state index in [1.807, 2.05) is 34.6 Å². The predicted octanol–water partition coefficient (Wildman–Crippen LogP) is 2.14. The molecule has 110 valence electrons. The molecule has 20 heavy (non-hydrogen) atoms. The van der Waals surface area contributed by atoms with Gasteiger partial charge in [-0.1, -0.05) is 13.0 Å². The molecule has 0 saturated heterocycles. The Morgan fingerprint density at radius 1 is 1.20 bits per heavy atom. The summed E-state index contributed by atoms with van der Waals surface area (Å²) in [6, 6.07) is 4.94. The molecule has 0 fully saturated rings. The van der Waals surface area contributed by atoms with Crippen LogP contribution < -0.4 is 10.6 Å². The molecule has 0 aliphatic heterocycles. The van der Waals surface area contributed by atoms with E-state index in [0.29, 0.717) is 0 Å². The van der Waals surface area contributed by atoms with E-state index in [1.54, 1.807) is 18.2 Å². The molecule has 5 nitrogen and oxygen atoms in total. The van der Waals surface area contributed by atoms with Crippen LogP contribution in [-0.4, -0.2) is 28.4 Å². The highest BCUT2D eigenvalue weighted by Crippen LogP contribution is 2.05. The van der Waals surface area contributed by atoms with E-state index in [-0.39, 0.29) is 34.8 Å². The fourth-order valence-corrected chi connectivity index (χ4v) is 1.49. The van der Waals surface area contributed by atoms with Crippen molar-refractivity contribution >= 4 is 11.8 Å². The summed E-state index contributed by atoms with van der Waals surface area (Å²) in [5, 5.41) is 5.65. The second kappa shape index (κ2) is 6.50. The number of amides is 2. The maximum atomic E-state index is 12.0. The molecule has 0 aliphatic carbocycles. The fraction of sp³-hybridized carbons (Fsp3) is 0.533. The van der Waals surface area contributed by atoms with E-state index in [9.17, 15) is 9.59 Å². The third-order valence-electron chi connectivity index (χ3n) is 2.69. The summed E-state index contributed by atoms with van der Waals surface area (Å²) in [6.07, 6.45) is 0.843. The largest absolute Gasteiger partial charge is 0.348 e. The van der Waals surface area contributed by atoms with Crippen LogP contribution >= 0.6 is 0 Å². The second-order valence-corrected chi connectivity index (χ2v) is 5.89.